The lowest BCUT2D eigenvalue weighted by Gasteiger charge is -2.20. The van der Waals surface area contributed by atoms with Crippen LogP contribution in [0.5, 0.6) is 11.8 Å². The molecular weight excluding hydrogens is 442 g/mol. The Morgan fingerprint density at radius 3 is 2.50 bits per heavy atom. The number of aryl methyl sites for hydroxylation is 1. The molecule has 0 saturated heterocycles. The van der Waals surface area contributed by atoms with Crippen LogP contribution in [0.1, 0.15) is 23.2 Å². The summed E-state index contributed by atoms with van der Waals surface area (Å²) >= 11 is 0. The van der Waals surface area contributed by atoms with Crippen LogP contribution in [0.4, 0.5) is 11.8 Å². The van der Waals surface area contributed by atoms with Crippen LogP contribution in [-0.2, 0) is 4.74 Å². The van der Waals surface area contributed by atoms with Crippen molar-refractivity contribution in [3.05, 3.63) is 29.0 Å². The first-order chi connectivity index (χ1) is 16.4. The molecule has 1 fully saturated rings. The number of ether oxygens (including phenoxy) is 3. The Morgan fingerprint density at radius 2 is 1.85 bits per heavy atom. The Morgan fingerprint density at radius 1 is 1.06 bits per heavy atom. The second-order valence-electron chi connectivity index (χ2n) is 7.85. The van der Waals surface area contributed by atoms with Crippen molar-refractivity contribution in [2.45, 2.75) is 31.6 Å². The van der Waals surface area contributed by atoms with Gasteiger partial charge in [-0.25, -0.2) is 4.98 Å². The highest BCUT2D eigenvalue weighted by Crippen LogP contribution is 2.30. The number of anilines is 2. The molecule has 1 aliphatic rings. The lowest BCUT2D eigenvalue weighted by atomic mass is 10.1. The molecule has 0 radical (unpaired) electrons. The van der Waals surface area contributed by atoms with Crippen molar-refractivity contribution in [3.63, 3.8) is 0 Å². The zero-order chi connectivity index (χ0) is 24.7. The minimum atomic E-state index is -1.07. The van der Waals surface area contributed by atoms with Crippen molar-refractivity contribution in [3.8, 4) is 23.6 Å². The third kappa shape index (κ3) is 5.84. The van der Waals surface area contributed by atoms with E-state index >= 15 is 0 Å². The largest absolute Gasteiger partial charge is 0.481 e. The summed E-state index contributed by atoms with van der Waals surface area (Å²) < 4.78 is 15.5. The van der Waals surface area contributed by atoms with E-state index in [-0.39, 0.29) is 6.61 Å². The average Bonchev–Trinajstić information content (AvgIpc) is 3.11. The first-order valence-electron chi connectivity index (χ1n) is 10.9. The number of pyridine rings is 1. The van der Waals surface area contributed by atoms with E-state index in [0.29, 0.717) is 59.9 Å². The first-order valence-corrected chi connectivity index (χ1v) is 10.9. The van der Waals surface area contributed by atoms with Crippen molar-refractivity contribution in [2.75, 3.05) is 51.7 Å². The summed E-state index contributed by atoms with van der Waals surface area (Å²) in [7, 11) is 4.62. The third-order valence-corrected chi connectivity index (χ3v) is 5.60. The Hall–Kier alpha value is -3.17. The number of methoxy groups -OCH3 is 3. The van der Waals surface area contributed by atoms with Gasteiger partial charge in [0.05, 0.1) is 49.8 Å². The Labute approximate surface area is 198 Å². The standard InChI is InChI=1S/C23H31N5O6/c1-13-16(7-5-14-6-8-18(33-3)27-22(14)34-4)21(28-23(25-13)24-9-10-32-2)26-17-11-15(12-29)19(30)20(17)31/h6,8,15,17,19-20,29-31H,9-12H2,1-4H3,(H2,24,25,26,28). The number of rotatable bonds is 9. The van der Waals surface area contributed by atoms with Gasteiger partial charge in [-0.1, -0.05) is 11.8 Å². The van der Waals surface area contributed by atoms with Gasteiger partial charge in [0.1, 0.15) is 11.9 Å². The second-order valence-corrected chi connectivity index (χ2v) is 7.85. The van der Waals surface area contributed by atoms with Gasteiger partial charge in [-0.3, -0.25) is 0 Å². The molecule has 0 bridgehead atoms. The lowest BCUT2D eigenvalue weighted by molar-refractivity contribution is 0.00445. The number of aliphatic hydroxyl groups is 3. The molecule has 11 heteroatoms. The molecule has 11 nitrogen and oxygen atoms in total. The molecule has 184 valence electrons. The number of nitrogens with zero attached hydrogens (tertiary/aromatic N) is 3. The zero-order valence-electron chi connectivity index (χ0n) is 19.7. The summed E-state index contributed by atoms with van der Waals surface area (Å²) in [6, 6.07) is 2.90. The lowest BCUT2D eigenvalue weighted by Crippen LogP contribution is -2.36. The fourth-order valence-corrected chi connectivity index (χ4v) is 3.71. The van der Waals surface area contributed by atoms with Gasteiger partial charge >= 0.3 is 0 Å². The maximum atomic E-state index is 10.5. The summed E-state index contributed by atoms with van der Waals surface area (Å²) in [6.07, 6.45) is -1.73. The monoisotopic (exact) mass is 473 g/mol. The van der Waals surface area contributed by atoms with Crippen LogP contribution in [-0.4, -0.2) is 89.6 Å². The van der Waals surface area contributed by atoms with Crippen molar-refractivity contribution in [2.24, 2.45) is 5.92 Å². The third-order valence-electron chi connectivity index (χ3n) is 5.60. The Bertz CT molecular complexity index is 1040. The zero-order valence-corrected chi connectivity index (χ0v) is 19.7. The van der Waals surface area contributed by atoms with Crippen LogP contribution < -0.4 is 20.1 Å². The van der Waals surface area contributed by atoms with Gasteiger partial charge in [0, 0.05) is 32.2 Å². The van der Waals surface area contributed by atoms with Crippen molar-refractivity contribution >= 4 is 11.8 Å². The Balaban J connectivity index is 1.97. The van der Waals surface area contributed by atoms with Crippen molar-refractivity contribution in [1.82, 2.24) is 15.0 Å². The molecule has 3 rings (SSSR count). The van der Waals surface area contributed by atoms with Gasteiger partial charge in [-0.15, -0.1) is 0 Å². The van der Waals surface area contributed by atoms with Crippen LogP contribution >= 0.6 is 0 Å². The van der Waals surface area contributed by atoms with Crippen molar-refractivity contribution in [1.29, 1.82) is 0 Å². The van der Waals surface area contributed by atoms with E-state index in [0.717, 1.165) is 0 Å². The average molecular weight is 474 g/mol. The highest BCUT2D eigenvalue weighted by atomic mass is 16.5. The maximum absolute atomic E-state index is 10.5. The molecule has 2 aromatic rings. The van der Waals surface area contributed by atoms with Crippen LogP contribution in [0.15, 0.2) is 12.1 Å². The van der Waals surface area contributed by atoms with Gasteiger partial charge in [0.25, 0.3) is 0 Å². The molecule has 5 N–H and O–H groups in total. The molecule has 1 saturated carbocycles. The predicted molar refractivity (Wildman–Crippen MR) is 125 cm³/mol. The quantitative estimate of drug-likeness (QED) is 0.250. The van der Waals surface area contributed by atoms with E-state index in [2.05, 4.69) is 37.4 Å². The molecule has 0 spiro atoms. The molecule has 2 heterocycles. The number of nitrogens with one attached hydrogen (secondary N) is 2. The number of aromatic nitrogens is 3. The Kier molecular flexibility index (Phi) is 8.84. The van der Waals surface area contributed by atoms with Crippen LogP contribution in [0.25, 0.3) is 0 Å². The molecule has 4 unspecified atom stereocenters. The van der Waals surface area contributed by atoms with E-state index in [1.165, 1.54) is 14.2 Å². The highest BCUT2D eigenvalue weighted by molar-refractivity contribution is 5.61. The van der Waals surface area contributed by atoms with Crippen LogP contribution in [0.2, 0.25) is 0 Å². The molecule has 0 aliphatic heterocycles. The van der Waals surface area contributed by atoms with Gasteiger partial charge in [0.15, 0.2) is 0 Å². The van der Waals surface area contributed by atoms with Gasteiger partial charge in [0.2, 0.25) is 17.7 Å². The van der Waals surface area contributed by atoms with Crippen molar-refractivity contribution < 1.29 is 29.5 Å². The van der Waals surface area contributed by atoms with E-state index in [9.17, 15) is 15.3 Å². The topological polar surface area (TPSA) is 151 Å². The van der Waals surface area contributed by atoms with Crippen LogP contribution in [0.3, 0.4) is 0 Å². The molecule has 2 aromatic heterocycles. The smallest absolute Gasteiger partial charge is 0.232 e. The molecule has 0 amide bonds. The number of aliphatic hydroxyl groups excluding tert-OH is 3. The minimum absolute atomic E-state index is 0.222. The second kappa shape index (κ2) is 11.8. The normalized spacial score (nSPS) is 21.5. The summed E-state index contributed by atoms with van der Waals surface area (Å²) in [6.45, 7) is 2.56. The summed E-state index contributed by atoms with van der Waals surface area (Å²) in [5.41, 5.74) is 1.68. The summed E-state index contributed by atoms with van der Waals surface area (Å²) in [5, 5.41) is 36.5. The summed E-state index contributed by atoms with van der Waals surface area (Å²) in [5.74, 6) is 7.19. The highest BCUT2D eigenvalue weighted by Gasteiger charge is 2.41. The SMILES string of the molecule is COCCNc1nc(C)c(C#Cc2ccc(OC)nc2OC)c(NC2CC(CO)C(O)C2O)n1. The molecule has 34 heavy (non-hydrogen) atoms. The fraction of sp³-hybridized carbons (Fsp3) is 0.522. The van der Waals surface area contributed by atoms with E-state index in [1.54, 1.807) is 26.2 Å². The van der Waals surface area contributed by atoms with Gasteiger partial charge in [-0.2, -0.15) is 9.97 Å². The first kappa shape index (κ1) is 25.5. The molecule has 4 atom stereocenters. The maximum Gasteiger partial charge on any atom is 0.232 e. The van der Waals surface area contributed by atoms with Gasteiger partial charge in [-0.05, 0) is 19.4 Å². The van der Waals surface area contributed by atoms with Gasteiger partial charge < -0.3 is 40.2 Å². The molecule has 1 aliphatic carbocycles. The van der Waals surface area contributed by atoms with E-state index < -0.39 is 24.2 Å². The molecule has 0 aromatic carbocycles. The van der Waals surface area contributed by atoms with E-state index in [1.807, 2.05) is 0 Å². The minimum Gasteiger partial charge on any atom is -0.481 e. The predicted octanol–water partition coefficient (Wildman–Crippen LogP) is 0.170. The number of hydrogen-bond donors (Lipinski definition) is 5. The fourth-order valence-electron chi connectivity index (χ4n) is 3.71. The molecular formula is C23H31N5O6. The van der Waals surface area contributed by atoms with Crippen LogP contribution in [0, 0.1) is 24.7 Å². The number of hydrogen-bond acceptors (Lipinski definition) is 11. The summed E-state index contributed by atoms with van der Waals surface area (Å²) in [4.78, 5) is 13.3. The van der Waals surface area contributed by atoms with E-state index in [4.69, 9.17) is 14.2 Å².